The highest BCUT2D eigenvalue weighted by atomic mass is 16.2. The van der Waals surface area contributed by atoms with Crippen molar-refractivity contribution in [2.45, 2.75) is 58.5 Å². The summed E-state index contributed by atoms with van der Waals surface area (Å²) in [6.07, 6.45) is 2.41. The molecule has 4 heteroatoms. The van der Waals surface area contributed by atoms with Crippen molar-refractivity contribution >= 4 is 5.91 Å². The highest BCUT2D eigenvalue weighted by Gasteiger charge is 2.47. The number of nitrogens with zero attached hydrogens (tertiary/aromatic N) is 2. The molecule has 0 aromatic rings. The fourth-order valence-corrected chi connectivity index (χ4v) is 2.75. The lowest BCUT2D eigenvalue weighted by atomic mass is 9.88. The molecule has 1 fully saturated rings. The van der Waals surface area contributed by atoms with Crippen LogP contribution >= 0.6 is 0 Å². The molecule has 0 saturated carbocycles. The molecule has 0 atom stereocenters. The second kappa shape index (κ2) is 6.23. The van der Waals surface area contributed by atoms with Gasteiger partial charge in [-0.2, -0.15) is 0 Å². The first-order valence-electron chi connectivity index (χ1n) is 7.47. The monoisotopic (exact) mass is 269 g/mol. The maximum atomic E-state index is 12.5. The Labute approximate surface area is 118 Å². The topological polar surface area (TPSA) is 35.6 Å². The van der Waals surface area contributed by atoms with Gasteiger partial charge in [0.2, 0.25) is 5.91 Å². The Kier molecular flexibility index (Phi) is 5.39. The van der Waals surface area contributed by atoms with Gasteiger partial charge >= 0.3 is 0 Å². The summed E-state index contributed by atoms with van der Waals surface area (Å²) in [5.74, 6) is 0.242. The van der Waals surface area contributed by atoms with Gasteiger partial charge in [-0.05, 0) is 47.7 Å². The van der Waals surface area contributed by atoms with Crippen molar-refractivity contribution in [1.29, 1.82) is 0 Å². The third-order valence-electron chi connectivity index (χ3n) is 4.40. The summed E-state index contributed by atoms with van der Waals surface area (Å²) in [4.78, 5) is 16.7. The van der Waals surface area contributed by atoms with Gasteiger partial charge in [0.05, 0.1) is 5.54 Å². The molecular formula is C15H31N3O. The van der Waals surface area contributed by atoms with Crippen molar-refractivity contribution in [2.24, 2.45) is 0 Å². The van der Waals surface area contributed by atoms with Gasteiger partial charge < -0.3 is 10.2 Å². The van der Waals surface area contributed by atoms with Crippen LogP contribution in [-0.4, -0.2) is 60.0 Å². The Morgan fingerprint density at radius 1 is 1.21 bits per heavy atom. The Hall–Kier alpha value is -0.610. The Bertz CT molecular complexity index is 313. The van der Waals surface area contributed by atoms with E-state index >= 15 is 0 Å². The number of hydrogen-bond donors (Lipinski definition) is 1. The van der Waals surface area contributed by atoms with Crippen LogP contribution in [0.25, 0.3) is 0 Å². The van der Waals surface area contributed by atoms with E-state index < -0.39 is 5.54 Å². The highest BCUT2D eigenvalue weighted by molar-refractivity contribution is 5.86. The minimum absolute atomic E-state index is 0.0286. The van der Waals surface area contributed by atoms with Crippen LogP contribution in [0.15, 0.2) is 0 Å². The maximum absolute atomic E-state index is 12.5. The molecule has 1 aliphatic rings. The van der Waals surface area contributed by atoms with Gasteiger partial charge in [0.15, 0.2) is 0 Å². The third kappa shape index (κ3) is 3.69. The lowest BCUT2D eigenvalue weighted by molar-refractivity contribution is -0.157. The summed E-state index contributed by atoms with van der Waals surface area (Å²) < 4.78 is 0. The molecule has 0 bridgehead atoms. The molecular weight excluding hydrogens is 238 g/mol. The van der Waals surface area contributed by atoms with Gasteiger partial charge in [0.25, 0.3) is 0 Å². The van der Waals surface area contributed by atoms with Crippen LogP contribution in [0.5, 0.6) is 0 Å². The minimum atomic E-state index is -0.412. The van der Waals surface area contributed by atoms with E-state index in [0.717, 1.165) is 26.2 Å². The van der Waals surface area contributed by atoms with Gasteiger partial charge in [-0.15, -0.1) is 0 Å². The van der Waals surface area contributed by atoms with E-state index in [1.807, 2.05) is 18.7 Å². The largest absolute Gasteiger partial charge is 0.338 e. The second-order valence-electron chi connectivity index (χ2n) is 6.76. The van der Waals surface area contributed by atoms with Gasteiger partial charge in [0.1, 0.15) is 0 Å². The summed E-state index contributed by atoms with van der Waals surface area (Å²) in [6, 6.07) is 0. The van der Waals surface area contributed by atoms with Crippen LogP contribution in [0.4, 0.5) is 0 Å². The first-order chi connectivity index (χ1) is 8.73. The van der Waals surface area contributed by atoms with Crippen molar-refractivity contribution in [2.75, 3.05) is 33.2 Å². The molecule has 1 heterocycles. The average molecular weight is 269 g/mol. The van der Waals surface area contributed by atoms with Crippen LogP contribution in [-0.2, 0) is 4.79 Å². The summed E-state index contributed by atoms with van der Waals surface area (Å²) in [5, 5.41) is 3.41. The van der Waals surface area contributed by atoms with E-state index in [2.05, 4.69) is 38.0 Å². The van der Waals surface area contributed by atoms with Gasteiger partial charge in [0, 0.05) is 25.2 Å². The molecule has 112 valence electrons. The zero-order valence-electron chi connectivity index (χ0n) is 13.5. The fraction of sp³-hybridized carbons (Fsp3) is 0.933. The molecule has 0 unspecified atom stereocenters. The first kappa shape index (κ1) is 16.4. The quantitative estimate of drug-likeness (QED) is 0.746. The van der Waals surface area contributed by atoms with Gasteiger partial charge in [-0.25, -0.2) is 0 Å². The summed E-state index contributed by atoms with van der Waals surface area (Å²) in [6.45, 7) is 14.2. The van der Waals surface area contributed by atoms with Gasteiger partial charge in [-0.1, -0.05) is 13.3 Å². The molecule has 19 heavy (non-hydrogen) atoms. The molecule has 0 aliphatic carbocycles. The number of amides is 1. The van der Waals surface area contributed by atoms with Crippen molar-refractivity contribution in [3.63, 3.8) is 0 Å². The van der Waals surface area contributed by atoms with Crippen LogP contribution in [0, 0.1) is 0 Å². The lowest BCUT2D eigenvalue weighted by Gasteiger charge is -2.53. The van der Waals surface area contributed by atoms with E-state index in [9.17, 15) is 4.79 Å². The van der Waals surface area contributed by atoms with E-state index in [1.54, 1.807) is 0 Å². The molecule has 0 radical (unpaired) electrons. The highest BCUT2D eigenvalue weighted by Crippen LogP contribution is 2.31. The normalized spacial score (nSPS) is 22.8. The van der Waals surface area contributed by atoms with Crippen molar-refractivity contribution in [3.8, 4) is 0 Å². The predicted octanol–water partition coefficient (Wildman–Crippen LogP) is 1.71. The number of carbonyl (C=O) groups excluding carboxylic acids is 1. The van der Waals surface area contributed by atoms with Crippen molar-refractivity contribution in [3.05, 3.63) is 0 Å². The molecule has 1 aliphatic heterocycles. The van der Waals surface area contributed by atoms with Crippen LogP contribution in [0.1, 0.15) is 47.5 Å². The Morgan fingerprint density at radius 2 is 1.84 bits per heavy atom. The summed E-state index contributed by atoms with van der Waals surface area (Å²) in [7, 11) is 2.05. The van der Waals surface area contributed by atoms with Crippen molar-refractivity contribution < 1.29 is 4.79 Å². The summed E-state index contributed by atoms with van der Waals surface area (Å²) >= 11 is 0. The van der Waals surface area contributed by atoms with Crippen LogP contribution in [0.2, 0.25) is 0 Å². The number of piperazine rings is 1. The molecule has 1 N–H and O–H groups in total. The zero-order chi connectivity index (χ0) is 14.7. The number of rotatable bonds is 6. The molecule has 1 amide bonds. The molecule has 0 spiro atoms. The van der Waals surface area contributed by atoms with Crippen molar-refractivity contribution in [1.82, 2.24) is 15.1 Å². The number of nitrogens with one attached hydrogen (secondary N) is 1. The Morgan fingerprint density at radius 3 is 2.42 bits per heavy atom. The molecule has 0 aromatic heterocycles. The smallest absolute Gasteiger partial charge is 0.242 e. The minimum Gasteiger partial charge on any atom is -0.338 e. The Balaban J connectivity index is 2.57. The average Bonchev–Trinajstić information content (AvgIpc) is 2.33. The number of likely N-dealkylation sites (N-methyl/N-ethyl adjacent to an activating group) is 1. The second-order valence-corrected chi connectivity index (χ2v) is 6.76. The van der Waals surface area contributed by atoms with Crippen LogP contribution < -0.4 is 5.32 Å². The first-order valence-corrected chi connectivity index (χ1v) is 7.47. The number of unbranched alkanes of at least 4 members (excludes halogenated alkanes) is 1. The molecule has 0 aromatic carbocycles. The zero-order valence-corrected chi connectivity index (χ0v) is 13.5. The SMILES string of the molecule is CCCCNCCN1CC(C)(C)N(C)C(C)(C)C1=O. The fourth-order valence-electron chi connectivity index (χ4n) is 2.75. The van der Waals surface area contributed by atoms with E-state index in [1.165, 1.54) is 12.8 Å². The maximum Gasteiger partial charge on any atom is 0.242 e. The van der Waals surface area contributed by atoms with E-state index in [0.29, 0.717) is 0 Å². The van der Waals surface area contributed by atoms with E-state index in [-0.39, 0.29) is 11.4 Å². The molecule has 4 nitrogen and oxygen atoms in total. The lowest BCUT2D eigenvalue weighted by Crippen LogP contribution is -2.70. The van der Waals surface area contributed by atoms with Crippen LogP contribution in [0.3, 0.4) is 0 Å². The van der Waals surface area contributed by atoms with E-state index in [4.69, 9.17) is 0 Å². The van der Waals surface area contributed by atoms with Gasteiger partial charge in [-0.3, -0.25) is 9.69 Å². The number of hydrogen-bond acceptors (Lipinski definition) is 3. The standard InChI is InChI=1S/C15H31N3O/c1-7-8-9-16-10-11-18-12-14(2,3)17(6)15(4,5)13(18)19/h16H,7-12H2,1-6H3. The molecule has 1 saturated heterocycles. The predicted molar refractivity (Wildman–Crippen MR) is 80.3 cm³/mol. The molecule has 1 rings (SSSR count). The summed E-state index contributed by atoms with van der Waals surface area (Å²) in [5.41, 5.74) is -0.383. The number of carbonyl (C=O) groups is 1. The third-order valence-corrected chi connectivity index (χ3v) is 4.40.